The number of nitrogens with zero attached hydrogens (tertiary/aromatic N) is 5. The minimum atomic E-state index is -1.21. The zero-order chi connectivity index (χ0) is 20.2. The van der Waals surface area contributed by atoms with Gasteiger partial charge in [-0.2, -0.15) is 0 Å². The SMILES string of the molecule is CN1CCC(C)(C)CN1C.O=[N+]([O-])c1cc([N+](=O)[O-])c(O)c([N+](=O)[O-])c1. The highest BCUT2D eigenvalue weighted by atomic mass is 16.6. The first-order valence-corrected chi connectivity index (χ1v) is 7.58. The summed E-state index contributed by atoms with van der Waals surface area (Å²) in [5, 5.41) is 44.8. The van der Waals surface area contributed by atoms with Crippen LogP contribution in [0.5, 0.6) is 5.75 Å². The number of phenolic OH excluding ortho intramolecular Hbond substituents is 1. The molecule has 12 heteroatoms. The van der Waals surface area contributed by atoms with E-state index in [9.17, 15) is 30.3 Å². The summed E-state index contributed by atoms with van der Waals surface area (Å²) in [5.41, 5.74) is -2.49. The van der Waals surface area contributed by atoms with Gasteiger partial charge in [-0.1, -0.05) is 13.8 Å². The normalized spacial score (nSPS) is 17.1. The van der Waals surface area contributed by atoms with Crippen LogP contribution in [-0.4, -0.2) is 57.1 Å². The van der Waals surface area contributed by atoms with Crippen molar-refractivity contribution in [3.05, 3.63) is 42.5 Å². The molecule has 1 N–H and O–H groups in total. The van der Waals surface area contributed by atoms with Gasteiger partial charge < -0.3 is 5.11 Å². The molecule has 0 radical (unpaired) electrons. The Morgan fingerprint density at radius 3 is 1.73 bits per heavy atom. The summed E-state index contributed by atoms with van der Waals surface area (Å²) in [6, 6.07) is 0.894. The summed E-state index contributed by atoms with van der Waals surface area (Å²) in [4.78, 5) is 27.8. The Hall–Kier alpha value is -2.86. The lowest BCUT2D eigenvalue weighted by atomic mass is 9.88. The zero-order valence-electron chi connectivity index (χ0n) is 14.9. The minimum absolute atomic E-state index is 0.447. The third-order valence-corrected chi connectivity index (χ3v) is 4.01. The molecule has 0 saturated carbocycles. The second-order valence-corrected chi connectivity index (χ2v) is 6.72. The van der Waals surface area contributed by atoms with E-state index in [-0.39, 0.29) is 0 Å². The van der Waals surface area contributed by atoms with Crippen LogP contribution < -0.4 is 0 Å². The van der Waals surface area contributed by atoms with E-state index < -0.39 is 37.6 Å². The van der Waals surface area contributed by atoms with Crippen LogP contribution >= 0.6 is 0 Å². The number of aromatic hydroxyl groups is 1. The van der Waals surface area contributed by atoms with E-state index in [1.807, 2.05) is 0 Å². The molecule has 0 aliphatic carbocycles. The second-order valence-electron chi connectivity index (χ2n) is 6.72. The molecule has 0 spiro atoms. The number of nitro groups is 3. The first-order valence-electron chi connectivity index (χ1n) is 7.58. The first-order chi connectivity index (χ1) is 11.9. The van der Waals surface area contributed by atoms with Crippen molar-refractivity contribution in [2.45, 2.75) is 20.3 Å². The quantitative estimate of drug-likeness (QED) is 0.622. The van der Waals surface area contributed by atoms with Crippen molar-refractivity contribution in [3.8, 4) is 5.75 Å². The van der Waals surface area contributed by atoms with Gasteiger partial charge in [-0.25, -0.2) is 10.0 Å². The van der Waals surface area contributed by atoms with Gasteiger partial charge in [0.05, 0.1) is 26.9 Å². The third kappa shape index (κ3) is 5.32. The number of non-ortho nitro benzene ring substituents is 1. The van der Waals surface area contributed by atoms with Gasteiger partial charge in [0.2, 0.25) is 0 Å². The van der Waals surface area contributed by atoms with Crippen molar-refractivity contribution in [3.63, 3.8) is 0 Å². The van der Waals surface area contributed by atoms with Crippen molar-refractivity contribution >= 4 is 17.1 Å². The van der Waals surface area contributed by atoms with Crippen molar-refractivity contribution in [2.75, 3.05) is 27.2 Å². The van der Waals surface area contributed by atoms with Gasteiger partial charge in [0.1, 0.15) is 0 Å². The number of nitro benzene ring substituents is 3. The second kappa shape index (κ2) is 8.01. The average Bonchev–Trinajstić information content (AvgIpc) is 2.51. The Kier molecular flexibility index (Phi) is 6.53. The van der Waals surface area contributed by atoms with Crippen molar-refractivity contribution in [1.29, 1.82) is 0 Å². The molecule has 1 aromatic carbocycles. The number of rotatable bonds is 3. The van der Waals surface area contributed by atoms with Crippen LogP contribution in [0.3, 0.4) is 0 Å². The van der Waals surface area contributed by atoms with Gasteiger partial charge in [0, 0.05) is 27.2 Å². The van der Waals surface area contributed by atoms with Crippen molar-refractivity contribution in [2.24, 2.45) is 5.41 Å². The van der Waals surface area contributed by atoms with Crippen LogP contribution in [0.4, 0.5) is 17.1 Å². The van der Waals surface area contributed by atoms with E-state index in [1.54, 1.807) is 0 Å². The largest absolute Gasteiger partial charge is 0.497 e. The van der Waals surface area contributed by atoms with E-state index in [0.717, 1.165) is 0 Å². The highest BCUT2D eigenvalue weighted by Gasteiger charge is 2.30. The van der Waals surface area contributed by atoms with Crippen LogP contribution in [0.1, 0.15) is 20.3 Å². The van der Waals surface area contributed by atoms with E-state index in [4.69, 9.17) is 5.11 Å². The van der Waals surface area contributed by atoms with Gasteiger partial charge >= 0.3 is 11.4 Å². The highest BCUT2D eigenvalue weighted by Crippen LogP contribution is 2.38. The predicted octanol–water partition coefficient (Wildman–Crippen LogP) is 2.31. The van der Waals surface area contributed by atoms with Crippen LogP contribution in [-0.2, 0) is 0 Å². The Labute approximate surface area is 149 Å². The fourth-order valence-electron chi connectivity index (χ4n) is 2.43. The molecule has 144 valence electrons. The average molecular weight is 371 g/mol. The molecule has 0 atom stereocenters. The summed E-state index contributed by atoms with van der Waals surface area (Å²) in [5.74, 6) is -1.21. The van der Waals surface area contributed by atoms with Crippen molar-refractivity contribution < 1.29 is 19.9 Å². The van der Waals surface area contributed by atoms with E-state index in [2.05, 4.69) is 38.0 Å². The minimum Gasteiger partial charge on any atom is -0.497 e. The lowest BCUT2D eigenvalue weighted by molar-refractivity contribution is -0.404. The van der Waals surface area contributed by atoms with Gasteiger partial charge in [-0.05, 0) is 11.8 Å². The Balaban J connectivity index is 0.000000289. The van der Waals surface area contributed by atoms with Gasteiger partial charge in [0.15, 0.2) is 0 Å². The smallest absolute Gasteiger partial charge is 0.324 e. The standard InChI is InChI=1S/C8H18N2.C6H3N3O7/c1-8(2)5-6-9(3)10(4)7-8;10-6-4(8(13)14)1-3(7(11)12)2-5(6)9(15)16/h5-7H2,1-4H3;1-2,10H. The number of phenols is 1. The number of hydrogen-bond acceptors (Lipinski definition) is 9. The lowest BCUT2D eigenvalue weighted by Gasteiger charge is -2.42. The molecule has 1 fully saturated rings. The van der Waals surface area contributed by atoms with Crippen LogP contribution in [0.15, 0.2) is 12.1 Å². The molecule has 0 aromatic heterocycles. The Bertz CT molecular complexity index is 687. The monoisotopic (exact) mass is 371 g/mol. The van der Waals surface area contributed by atoms with Crippen LogP contribution in [0.25, 0.3) is 0 Å². The molecule has 1 heterocycles. The summed E-state index contributed by atoms with van der Waals surface area (Å²) in [7, 11) is 4.30. The van der Waals surface area contributed by atoms with E-state index in [0.29, 0.717) is 17.5 Å². The van der Waals surface area contributed by atoms with Crippen LogP contribution in [0, 0.1) is 35.8 Å². The van der Waals surface area contributed by atoms with E-state index >= 15 is 0 Å². The van der Waals surface area contributed by atoms with Crippen LogP contribution in [0.2, 0.25) is 0 Å². The fraction of sp³-hybridized carbons (Fsp3) is 0.571. The summed E-state index contributed by atoms with van der Waals surface area (Å²) < 4.78 is 0. The number of hydrazine groups is 1. The molecular formula is C14H21N5O7. The topological polar surface area (TPSA) is 156 Å². The summed E-state index contributed by atoms with van der Waals surface area (Å²) >= 11 is 0. The maximum absolute atomic E-state index is 10.4. The highest BCUT2D eigenvalue weighted by molar-refractivity contribution is 5.64. The molecule has 26 heavy (non-hydrogen) atoms. The molecule has 0 amide bonds. The molecule has 1 aromatic rings. The maximum Gasteiger partial charge on any atom is 0.324 e. The number of hydrogen-bond donors (Lipinski definition) is 1. The molecule has 0 unspecified atom stereocenters. The molecule has 12 nitrogen and oxygen atoms in total. The summed E-state index contributed by atoms with van der Waals surface area (Å²) in [6.45, 7) is 7.04. The Morgan fingerprint density at radius 1 is 0.962 bits per heavy atom. The van der Waals surface area contributed by atoms with Gasteiger partial charge in [-0.15, -0.1) is 0 Å². The molecule has 1 aliphatic rings. The fourth-order valence-corrected chi connectivity index (χ4v) is 2.43. The molecule has 1 aliphatic heterocycles. The van der Waals surface area contributed by atoms with E-state index in [1.165, 1.54) is 19.5 Å². The molecule has 1 saturated heterocycles. The molecule has 2 rings (SSSR count). The summed E-state index contributed by atoms with van der Waals surface area (Å²) in [6.07, 6.45) is 1.31. The first kappa shape index (κ1) is 21.2. The maximum atomic E-state index is 10.4. The van der Waals surface area contributed by atoms with Gasteiger partial charge in [0.25, 0.3) is 11.4 Å². The zero-order valence-corrected chi connectivity index (χ0v) is 14.9. The lowest BCUT2D eigenvalue weighted by Crippen LogP contribution is -2.48. The van der Waals surface area contributed by atoms with Crippen molar-refractivity contribution in [1.82, 2.24) is 10.0 Å². The Morgan fingerprint density at radius 2 is 1.42 bits per heavy atom. The molecular weight excluding hydrogens is 350 g/mol. The molecule has 0 bridgehead atoms. The predicted molar refractivity (Wildman–Crippen MR) is 91.7 cm³/mol. The number of benzene rings is 1. The third-order valence-electron chi connectivity index (χ3n) is 4.01. The van der Waals surface area contributed by atoms with Gasteiger partial charge in [-0.3, -0.25) is 30.3 Å².